The van der Waals surface area contributed by atoms with Gasteiger partial charge >= 0.3 is 0 Å². The molecule has 2 atom stereocenters. The molecule has 0 aliphatic rings. The molecule has 0 fully saturated rings. The lowest BCUT2D eigenvalue weighted by Crippen LogP contribution is -2.26. The first-order chi connectivity index (χ1) is 8.22. The van der Waals surface area contributed by atoms with Crippen LogP contribution in [0.5, 0.6) is 0 Å². The average molecular weight is 269 g/mol. The number of rotatable bonds is 5. The molecular weight excluding hydrogens is 248 g/mol. The fourth-order valence-electron chi connectivity index (χ4n) is 2.09. The summed E-state index contributed by atoms with van der Waals surface area (Å²) in [5.74, 6) is 0. The van der Waals surface area contributed by atoms with Crippen LogP contribution < -0.4 is 5.73 Å². The predicted octanol–water partition coefficient (Wildman–Crippen LogP) is 3.14. The van der Waals surface area contributed by atoms with Crippen molar-refractivity contribution in [3.63, 3.8) is 0 Å². The van der Waals surface area contributed by atoms with Crippen molar-refractivity contribution in [2.75, 3.05) is 0 Å². The summed E-state index contributed by atoms with van der Waals surface area (Å²) < 4.78 is 0. The molecule has 18 heavy (non-hydrogen) atoms. The maximum Gasteiger partial charge on any atom is 0.0732 e. The third kappa shape index (κ3) is 3.25. The zero-order valence-electron chi connectivity index (χ0n) is 10.6. The molecule has 1 aromatic carbocycles. The Morgan fingerprint density at radius 3 is 2.83 bits per heavy atom. The highest BCUT2D eigenvalue weighted by atomic mass is 35.5. The summed E-state index contributed by atoms with van der Waals surface area (Å²) in [4.78, 5) is 3.15. The quantitative estimate of drug-likeness (QED) is 0.780. The summed E-state index contributed by atoms with van der Waals surface area (Å²) in [6, 6.07) is 7.77. The monoisotopic (exact) mass is 268 g/mol. The van der Waals surface area contributed by atoms with Gasteiger partial charge in [-0.25, -0.2) is 0 Å². The topological polar surface area (TPSA) is 62.0 Å². The second-order valence-corrected chi connectivity index (χ2v) is 4.56. The lowest BCUT2D eigenvalue weighted by molar-refractivity contribution is 0.132. The molecule has 0 spiro atoms. The van der Waals surface area contributed by atoms with Gasteiger partial charge in [0, 0.05) is 11.7 Å². The van der Waals surface area contributed by atoms with Crippen LogP contribution in [-0.2, 0) is 0 Å². The van der Waals surface area contributed by atoms with Gasteiger partial charge in [0.15, 0.2) is 0 Å². The first-order valence-corrected chi connectivity index (χ1v) is 6.23. The number of unbranched alkanes of at least 4 members (excludes halogenated alkanes) is 1. The maximum atomic E-state index is 9.99. The molecular formula is C14H21ClN2O. The van der Waals surface area contributed by atoms with Crippen molar-refractivity contribution in [2.24, 2.45) is 5.73 Å². The lowest BCUT2D eigenvalue weighted by atomic mass is 9.97. The molecule has 1 aromatic heterocycles. The zero-order valence-corrected chi connectivity index (χ0v) is 11.4. The summed E-state index contributed by atoms with van der Waals surface area (Å²) in [6.07, 6.45) is 4.32. The van der Waals surface area contributed by atoms with E-state index in [0.717, 1.165) is 35.7 Å². The summed E-state index contributed by atoms with van der Waals surface area (Å²) in [5.41, 5.74) is 8.18. The van der Waals surface area contributed by atoms with Crippen molar-refractivity contribution in [1.82, 2.24) is 4.98 Å². The Morgan fingerprint density at radius 1 is 1.33 bits per heavy atom. The van der Waals surface area contributed by atoms with Crippen LogP contribution in [0.15, 0.2) is 30.5 Å². The summed E-state index contributed by atoms with van der Waals surface area (Å²) in [6.45, 7) is 2.12. The number of benzene rings is 1. The Kier molecular flexibility index (Phi) is 5.66. The van der Waals surface area contributed by atoms with Crippen LogP contribution in [0, 0.1) is 0 Å². The predicted molar refractivity (Wildman–Crippen MR) is 78.0 cm³/mol. The van der Waals surface area contributed by atoms with E-state index in [9.17, 15) is 5.11 Å². The van der Waals surface area contributed by atoms with E-state index in [2.05, 4.69) is 11.9 Å². The number of nitrogens with one attached hydrogen (secondary N) is 1. The molecule has 0 unspecified atom stereocenters. The first-order valence-electron chi connectivity index (χ1n) is 6.23. The average Bonchev–Trinajstić information content (AvgIpc) is 2.81. The van der Waals surface area contributed by atoms with E-state index in [4.69, 9.17) is 5.73 Å². The molecule has 2 rings (SSSR count). The molecule has 2 aromatic rings. The largest absolute Gasteiger partial charge is 0.391 e. The van der Waals surface area contributed by atoms with E-state index >= 15 is 0 Å². The minimum atomic E-state index is -0.452. The zero-order chi connectivity index (χ0) is 12.3. The van der Waals surface area contributed by atoms with Crippen molar-refractivity contribution < 1.29 is 5.11 Å². The standard InChI is InChI=1S/C14H20N2O.ClH/c1-2-3-4-13(17)14(15)11-5-6-12-10(9-11)7-8-16-12;/h5-9,13-14,16-17H,2-4,15H2,1H3;1H/t13-,14+;/m1./s1. The number of hydrogen-bond acceptors (Lipinski definition) is 2. The van der Waals surface area contributed by atoms with Gasteiger partial charge in [-0.1, -0.05) is 25.8 Å². The molecule has 0 saturated heterocycles. The number of H-pyrrole nitrogens is 1. The van der Waals surface area contributed by atoms with Crippen LogP contribution in [0.4, 0.5) is 0 Å². The number of aliphatic hydroxyl groups is 1. The second-order valence-electron chi connectivity index (χ2n) is 4.56. The Labute approximate surface area is 114 Å². The highest BCUT2D eigenvalue weighted by Gasteiger charge is 2.16. The van der Waals surface area contributed by atoms with Gasteiger partial charge in [0.2, 0.25) is 0 Å². The third-order valence-corrected chi connectivity index (χ3v) is 3.23. The molecule has 4 N–H and O–H groups in total. The van der Waals surface area contributed by atoms with Crippen LogP contribution >= 0.6 is 12.4 Å². The number of nitrogens with two attached hydrogens (primary N) is 1. The van der Waals surface area contributed by atoms with Gasteiger partial charge in [-0.2, -0.15) is 0 Å². The Balaban J connectivity index is 0.00000162. The second kappa shape index (κ2) is 6.78. The summed E-state index contributed by atoms with van der Waals surface area (Å²) in [5, 5.41) is 11.1. The van der Waals surface area contributed by atoms with E-state index in [-0.39, 0.29) is 18.4 Å². The molecule has 0 saturated carbocycles. The van der Waals surface area contributed by atoms with Gasteiger partial charge in [-0.05, 0) is 35.6 Å². The van der Waals surface area contributed by atoms with E-state index in [1.807, 2.05) is 30.5 Å². The van der Waals surface area contributed by atoms with E-state index in [0.29, 0.717) is 0 Å². The molecule has 0 amide bonds. The molecule has 0 bridgehead atoms. The molecule has 0 radical (unpaired) electrons. The molecule has 4 heteroatoms. The number of hydrogen-bond donors (Lipinski definition) is 3. The van der Waals surface area contributed by atoms with Crippen LogP contribution in [-0.4, -0.2) is 16.2 Å². The van der Waals surface area contributed by atoms with Crippen LogP contribution in [0.3, 0.4) is 0 Å². The van der Waals surface area contributed by atoms with Gasteiger partial charge in [0.25, 0.3) is 0 Å². The molecule has 1 heterocycles. The number of fused-ring (bicyclic) bond motifs is 1. The molecule has 100 valence electrons. The van der Waals surface area contributed by atoms with Crippen molar-refractivity contribution in [3.05, 3.63) is 36.0 Å². The smallest absolute Gasteiger partial charge is 0.0732 e. The van der Waals surface area contributed by atoms with E-state index < -0.39 is 6.10 Å². The molecule has 3 nitrogen and oxygen atoms in total. The van der Waals surface area contributed by atoms with Gasteiger partial charge in [-0.3, -0.25) is 0 Å². The minimum absolute atomic E-state index is 0. The maximum absolute atomic E-state index is 9.99. The molecule has 0 aliphatic carbocycles. The highest BCUT2D eigenvalue weighted by molar-refractivity contribution is 5.85. The van der Waals surface area contributed by atoms with Gasteiger partial charge in [0.1, 0.15) is 0 Å². The number of aromatic nitrogens is 1. The summed E-state index contributed by atoms with van der Waals surface area (Å²) in [7, 11) is 0. The van der Waals surface area contributed by atoms with Gasteiger partial charge < -0.3 is 15.8 Å². The highest BCUT2D eigenvalue weighted by Crippen LogP contribution is 2.22. The minimum Gasteiger partial charge on any atom is -0.391 e. The fourth-order valence-corrected chi connectivity index (χ4v) is 2.09. The fraction of sp³-hybridized carbons (Fsp3) is 0.429. The van der Waals surface area contributed by atoms with Crippen molar-refractivity contribution >= 4 is 23.3 Å². The Bertz CT molecular complexity index is 483. The van der Waals surface area contributed by atoms with Gasteiger partial charge in [0.05, 0.1) is 12.1 Å². The Morgan fingerprint density at radius 2 is 2.11 bits per heavy atom. The van der Waals surface area contributed by atoms with E-state index in [1.54, 1.807) is 0 Å². The van der Waals surface area contributed by atoms with Crippen LogP contribution in [0.25, 0.3) is 10.9 Å². The number of halogens is 1. The number of aliphatic hydroxyl groups excluding tert-OH is 1. The normalized spacial score (nSPS) is 14.2. The Hall–Kier alpha value is -1.03. The first kappa shape index (κ1) is 15.0. The molecule has 0 aliphatic heterocycles. The van der Waals surface area contributed by atoms with Crippen molar-refractivity contribution in [2.45, 2.75) is 38.3 Å². The van der Waals surface area contributed by atoms with Crippen LogP contribution in [0.2, 0.25) is 0 Å². The van der Waals surface area contributed by atoms with Gasteiger partial charge in [-0.15, -0.1) is 12.4 Å². The third-order valence-electron chi connectivity index (χ3n) is 3.23. The van der Waals surface area contributed by atoms with Crippen LogP contribution in [0.1, 0.15) is 37.8 Å². The SMILES string of the molecule is CCCC[C@@H](O)[C@@H](N)c1ccc2[nH]ccc2c1.Cl. The lowest BCUT2D eigenvalue weighted by Gasteiger charge is -2.19. The number of aromatic amines is 1. The van der Waals surface area contributed by atoms with Crippen molar-refractivity contribution in [3.8, 4) is 0 Å². The summed E-state index contributed by atoms with van der Waals surface area (Å²) >= 11 is 0. The van der Waals surface area contributed by atoms with E-state index in [1.165, 1.54) is 0 Å². The van der Waals surface area contributed by atoms with Crippen molar-refractivity contribution in [1.29, 1.82) is 0 Å².